The number of phenolic OH excluding ortho intramolecular Hbond substituents is 1. The van der Waals surface area contributed by atoms with Gasteiger partial charge in [-0.3, -0.25) is 9.59 Å². The van der Waals surface area contributed by atoms with Gasteiger partial charge in [-0.2, -0.15) is 0 Å². The molecule has 1 saturated heterocycles. The van der Waals surface area contributed by atoms with Crippen molar-refractivity contribution in [3.05, 3.63) is 29.8 Å². The van der Waals surface area contributed by atoms with Gasteiger partial charge in [0.05, 0.1) is 0 Å². The highest BCUT2D eigenvalue weighted by Gasteiger charge is 2.40. The number of amides is 2. The van der Waals surface area contributed by atoms with Gasteiger partial charge in [-0.05, 0) is 30.0 Å². The second kappa shape index (κ2) is 6.16. The predicted octanol–water partition coefficient (Wildman–Crippen LogP) is 1.65. The highest BCUT2D eigenvalue weighted by atomic mass is 16.3. The Hall–Kier alpha value is -2.04. The molecule has 21 heavy (non-hydrogen) atoms. The van der Waals surface area contributed by atoms with Crippen molar-refractivity contribution in [2.45, 2.75) is 45.8 Å². The van der Waals surface area contributed by atoms with Gasteiger partial charge in [-0.25, -0.2) is 0 Å². The van der Waals surface area contributed by atoms with Crippen molar-refractivity contribution in [3.63, 3.8) is 0 Å². The zero-order valence-corrected chi connectivity index (χ0v) is 12.7. The number of benzene rings is 1. The van der Waals surface area contributed by atoms with Crippen molar-refractivity contribution in [2.75, 3.05) is 0 Å². The molecule has 0 radical (unpaired) electrons. The molecule has 2 unspecified atom stereocenters. The fourth-order valence-corrected chi connectivity index (χ4v) is 2.68. The van der Waals surface area contributed by atoms with Crippen LogP contribution in [0.1, 0.15) is 32.8 Å². The number of carbonyl (C=O) groups is 2. The van der Waals surface area contributed by atoms with Crippen molar-refractivity contribution in [3.8, 4) is 5.75 Å². The molecule has 2 rings (SSSR count). The zero-order valence-electron chi connectivity index (χ0n) is 12.7. The molecule has 0 aliphatic carbocycles. The van der Waals surface area contributed by atoms with Crippen molar-refractivity contribution in [2.24, 2.45) is 5.92 Å². The van der Waals surface area contributed by atoms with E-state index in [0.29, 0.717) is 13.0 Å². The number of nitrogens with one attached hydrogen (secondary N) is 1. The summed E-state index contributed by atoms with van der Waals surface area (Å²) in [5.41, 5.74) is 0.819. The van der Waals surface area contributed by atoms with E-state index in [0.717, 1.165) is 5.56 Å². The van der Waals surface area contributed by atoms with E-state index < -0.39 is 12.1 Å². The number of hydrogen-bond donors (Lipinski definition) is 2. The molecular formula is C16H22N2O3. The van der Waals surface area contributed by atoms with Crippen molar-refractivity contribution in [1.29, 1.82) is 0 Å². The molecule has 2 N–H and O–H groups in total. The van der Waals surface area contributed by atoms with E-state index in [-0.39, 0.29) is 23.5 Å². The normalized spacial score (nSPS) is 22.6. The van der Waals surface area contributed by atoms with E-state index >= 15 is 0 Å². The molecule has 1 fully saturated rings. The lowest BCUT2D eigenvalue weighted by Gasteiger charge is -2.40. The quantitative estimate of drug-likeness (QED) is 0.886. The van der Waals surface area contributed by atoms with Gasteiger partial charge in [0, 0.05) is 6.54 Å². The molecule has 1 heterocycles. The van der Waals surface area contributed by atoms with Crippen LogP contribution in [-0.4, -0.2) is 33.9 Å². The molecule has 5 nitrogen and oxygen atoms in total. The van der Waals surface area contributed by atoms with Crippen LogP contribution in [0.2, 0.25) is 0 Å². The molecule has 1 aliphatic heterocycles. The summed E-state index contributed by atoms with van der Waals surface area (Å²) < 4.78 is 0. The van der Waals surface area contributed by atoms with E-state index in [9.17, 15) is 14.7 Å². The van der Waals surface area contributed by atoms with Crippen molar-refractivity contribution in [1.82, 2.24) is 10.2 Å². The third-order valence-corrected chi connectivity index (χ3v) is 3.84. The maximum atomic E-state index is 12.6. The summed E-state index contributed by atoms with van der Waals surface area (Å²) in [5.74, 6) is 0.0524. The van der Waals surface area contributed by atoms with Gasteiger partial charge in [0.2, 0.25) is 11.8 Å². The number of carbonyl (C=O) groups excluding carboxylic acids is 2. The second-order valence-corrected chi connectivity index (χ2v) is 5.79. The van der Waals surface area contributed by atoms with Gasteiger partial charge in [0.1, 0.15) is 17.8 Å². The van der Waals surface area contributed by atoms with Gasteiger partial charge in [-0.1, -0.05) is 32.9 Å². The molecule has 114 valence electrons. The van der Waals surface area contributed by atoms with Crippen LogP contribution in [0.25, 0.3) is 0 Å². The highest BCUT2D eigenvalue weighted by molar-refractivity contribution is 5.97. The van der Waals surface area contributed by atoms with Crippen LogP contribution >= 0.6 is 0 Å². The highest BCUT2D eigenvalue weighted by Crippen LogP contribution is 2.21. The summed E-state index contributed by atoms with van der Waals surface area (Å²) in [7, 11) is 0. The van der Waals surface area contributed by atoms with E-state index in [1.54, 1.807) is 23.1 Å². The first-order valence-corrected chi connectivity index (χ1v) is 7.32. The Morgan fingerprint density at radius 3 is 2.62 bits per heavy atom. The van der Waals surface area contributed by atoms with Crippen LogP contribution < -0.4 is 5.32 Å². The Bertz CT molecular complexity index is 542. The Labute approximate surface area is 125 Å². The molecular weight excluding hydrogens is 268 g/mol. The minimum Gasteiger partial charge on any atom is -0.508 e. The first kappa shape index (κ1) is 15.4. The summed E-state index contributed by atoms with van der Waals surface area (Å²) in [4.78, 5) is 26.4. The monoisotopic (exact) mass is 290 g/mol. The van der Waals surface area contributed by atoms with Crippen LogP contribution in [0.15, 0.2) is 24.3 Å². The zero-order chi connectivity index (χ0) is 15.6. The number of aromatic hydroxyl groups is 1. The molecule has 1 aromatic carbocycles. The van der Waals surface area contributed by atoms with Crippen LogP contribution in [0.4, 0.5) is 0 Å². The first-order chi connectivity index (χ1) is 9.93. The van der Waals surface area contributed by atoms with Gasteiger partial charge in [0.25, 0.3) is 0 Å². The number of piperazine rings is 1. The Kier molecular flexibility index (Phi) is 4.50. The summed E-state index contributed by atoms with van der Waals surface area (Å²) >= 11 is 0. The van der Waals surface area contributed by atoms with Gasteiger partial charge in [0.15, 0.2) is 0 Å². The second-order valence-electron chi connectivity index (χ2n) is 5.79. The van der Waals surface area contributed by atoms with E-state index in [1.807, 2.05) is 26.8 Å². The minimum atomic E-state index is -0.474. The Balaban J connectivity index is 2.27. The van der Waals surface area contributed by atoms with E-state index in [4.69, 9.17) is 0 Å². The molecule has 1 aromatic rings. The lowest BCUT2D eigenvalue weighted by atomic mass is 9.96. The first-order valence-electron chi connectivity index (χ1n) is 7.32. The van der Waals surface area contributed by atoms with Crippen LogP contribution in [-0.2, 0) is 16.1 Å². The van der Waals surface area contributed by atoms with Gasteiger partial charge >= 0.3 is 0 Å². The minimum absolute atomic E-state index is 0.0472. The summed E-state index contributed by atoms with van der Waals surface area (Å²) in [6.07, 6.45) is 0.571. The number of nitrogens with zero attached hydrogens (tertiary/aromatic N) is 1. The third kappa shape index (κ3) is 3.17. The smallest absolute Gasteiger partial charge is 0.246 e. The molecule has 0 aromatic heterocycles. The molecule has 0 bridgehead atoms. The molecule has 1 aliphatic rings. The van der Waals surface area contributed by atoms with E-state index in [2.05, 4.69) is 5.32 Å². The van der Waals surface area contributed by atoms with Crippen LogP contribution in [0.5, 0.6) is 5.75 Å². The molecule has 5 heteroatoms. The maximum Gasteiger partial charge on any atom is 0.246 e. The van der Waals surface area contributed by atoms with Crippen molar-refractivity contribution >= 4 is 11.8 Å². The topological polar surface area (TPSA) is 69.6 Å². The standard InChI is InChI=1S/C16H22N2O3/c1-4-13-15(20)17-14(10(2)3)16(21)18(13)9-11-6-5-7-12(19)8-11/h5-8,10,13-14,19H,4,9H2,1-3H3,(H,17,20). The SMILES string of the molecule is CCC1C(=O)NC(C(C)C)C(=O)N1Cc1cccc(O)c1. The molecule has 2 atom stereocenters. The fraction of sp³-hybridized carbons (Fsp3) is 0.500. The summed E-state index contributed by atoms with van der Waals surface area (Å²) in [6.45, 7) is 6.06. The molecule has 0 saturated carbocycles. The summed E-state index contributed by atoms with van der Waals surface area (Å²) in [6, 6.07) is 5.86. The van der Waals surface area contributed by atoms with Crippen molar-refractivity contribution < 1.29 is 14.7 Å². The van der Waals surface area contributed by atoms with Gasteiger partial charge < -0.3 is 15.3 Å². The average molecular weight is 290 g/mol. The molecule has 2 amide bonds. The van der Waals surface area contributed by atoms with Crippen LogP contribution in [0.3, 0.4) is 0 Å². The third-order valence-electron chi connectivity index (χ3n) is 3.84. The Morgan fingerprint density at radius 1 is 1.33 bits per heavy atom. The summed E-state index contributed by atoms with van der Waals surface area (Å²) in [5, 5.41) is 12.4. The van der Waals surface area contributed by atoms with E-state index in [1.165, 1.54) is 0 Å². The Morgan fingerprint density at radius 2 is 2.05 bits per heavy atom. The maximum absolute atomic E-state index is 12.6. The number of rotatable bonds is 4. The largest absolute Gasteiger partial charge is 0.508 e. The predicted molar refractivity (Wildman–Crippen MR) is 79.5 cm³/mol. The molecule has 0 spiro atoms. The fourth-order valence-electron chi connectivity index (χ4n) is 2.68. The van der Waals surface area contributed by atoms with Crippen LogP contribution in [0, 0.1) is 5.92 Å². The number of hydrogen-bond acceptors (Lipinski definition) is 3. The lowest BCUT2D eigenvalue weighted by Crippen LogP contribution is -2.64. The van der Waals surface area contributed by atoms with Gasteiger partial charge in [-0.15, -0.1) is 0 Å². The lowest BCUT2D eigenvalue weighted by molar-refractivity contribution is -0.151. The average Bonchev–Trinajstić information content (AvgIpc) is 2.42. The number of phenols is 1.